The minimum absolute atomic E-state index is 0.00101. The molecule has 4 rings (SSSR count). The van der Waals surface area contributed by atoms with E-state index in [0.717, 1.165) is 44.9 Å². The Kier molecular flexibility index (Phi) is 8.88. The van der Waals surface area contributed by atoms with Crippen LogP contribution in [0.4, 0.5) is 22.0 Å². The Morgan fingerprint density at radius 1 is 0.811 bits per heavy atom. The molecular formula is C31H33F5O. The molecule has 0 radical (unpaired) electrons. The second-order valence-corrected chi connectivity index (χ2v) is 10.1. The van der Waals surface area contributed by atoms with E-state index in [-0.39, 0.29) is 22.8 Å². The lowest BCUT2D eigenvalue weighted by atomic mass is 9.76. The van der Waals surface area contributed by atoms with E-state index in [4.69, 9.17) is 4.74 Å². The lowest BCUT2D eigenvalue weighted by Gasteiger charge is -2.29. The van der Waals surface area contributed by atoms with Gasteiger partial charge in [0, 0.05) is 5.56 Å². The van der Waals surface area contributed by atoms with Crippen LogP contribution in [0.3, 0.4) is 0 Å². The first-order chi connectivity index (χ1) is 17.8. The average molecular weight is 517 g/mol. The average Bonchev–Trinajstić information content (AvgIpc) is 2.90. The predicted molar refractivity (Wildman–Crippen MR) is 136 cm³/mol. The van der Waals surface area contributed by atoms with E-state index in [0.29, 0.717) is 35.6 Å². The number of ether oxygens (including phenoxy) is 1. The molecule has 198 valence electrons. The van der Waals surface area contributed by atoms with Crippen LogP contribution in [-0.2, 0) is 6.42 Å². The molecule has 0 heterocycles. The first kappa shape index (κ1) is 27.2. The summed E-state index contributed by atoms with van der Waals surface area (Å²) >= 11 is 0. The van der Waals surface area contributed by atoms with Gasteiger partial charge in [-0.2, -0.15) is 4.39 Å². The van der Waals surface area contributed by atoms with Gasteiger partial charge in [0.2, 0.25) is 5.82 Å². The smallest absolute Gasteiger partial charge is 0.201 e. The van der Waals surface area contributed by atoms with E-state index in [9.17, 15) is 22.0 Å². The number of unbranched alkanes of at least 4 members (excludes halogenated alkanes) is 1. The maximum atomic E-state index is 14.9. The van der Waals surface area contributed by atoms with E-state index in [2.05, 4.69) is 0 Å². The number of rotatable bonds is 9. The Morgan fingerprint density at radius 2 is 1.57 bits per heavy atom. The second-order valence-electron chi connectivity index (χ2n) is 10.1. The quantitative estimate of drug-likeness (QED) is 0.203. The monoisotopic (exact) mass is 516 g/mol. The van der Waals surface area contributed by atoms with Crippen LogP contribution >= 0.6 is 0 Å². The highest BCUT2D eigenvalue weighted by molar-refractivity contribution is 5.65. The zero-order chi connectivity index (χ0) is 26.5. The van der Waals surface area contributed by atoms with E-state index >= 15 is 0 Å². The highest BCUT2D eigenvalue weighted by Crippen LogP contribution is 2.39. The molecule has 0 bridgehead atoms. The van der Waals surface area contributed by atoms with Crippen molar-refractivity contribution in [1.29, 1.82) is 0 Å². The second kappa shape index (κ2) is 12.1. The highest BCUT2D eigenvalue weighted by Gasteiger charge is 2.26. The molecule has 1 aliphatic rings. The Bertz CT molecular complexity index is 1230. The van der Waals surface area contributed by atoms with Crippen LogP contribution in [0.15, 0.2) is 42.5 Å². The van der Waals surface area contributed by atoms with Gasteiger partial charge in [0.15, 0.2) is 23.2 Å². The summed E-state index contributed by atoms with van der Waals surface area (Å²) in [4.78, 5) is 0. The molecule has 0 aliphatic heterocycles. The molecule has 3 aromatic rings. The van der Waals surface area contributed by atoms with Crippen molar-refractivity contribution in [3.05, 3.63) is 88.2 Å². The summed E-state index contributed by atoms with van der Waals surface area (Å²) in [6, 6.07) is 10.6. The van der Waals surface area contributed by atoms with Crippen LogP contribution in [0, 0.1) is 41.9 Å². The zero-order valence-electron chi connectivity index (χ0n) is 21.4. The van der Waals surface area contributed by atoms with Crippen molar-refractivity contribution >= 4 is 0 Å². The van der Waals surface area contributed by atoms with Crippen LogP contribution in [0.25, 0.3) is 11.1 Å². The van der Waals surface area contributed by atoms with Crippen molar-refractivity contribution in [2.75, 3.05) is 6.61 Å². The van der Waals surface area contributed by atoms with Gasteiger partial charge < -0.3 is 4.74 Å². The Labute approximate surface area is 215 Å². The molecule has 3 aromatic carbocycles. The fourth-order valence-corrected chi connectivity index (χ4v) is 5.21. The van der Waals surface area contributed by atoms with Gasteiger partial charge in [-0.05, 0) is 104 Å². The summed E-state index contributed by atoms with van der Waals surface area (Å²) in [5.74, 6) is -3.84. The molecule has 37 heavy (non-hydrogen) atoms. The molecule has 1 nitrogen and oxygen atoms in total. The van der Waals surface area contributed by atoms with E-state index < -0.39 is 29.1 Å². The minimum Gasteiger partial charge on any atom is -0.490 e. The summed E-state index contributed by atoms with van der Waals surface area (Å²) in [6.07, 6.45) is 6.21. The molecule has 0 saturated heterocycles. The molecule has 1 aliphatic carbocycles. The fourth-order valence-electron chi connectivity index (χ4n) is 5.21. The first-order valence-corrected chi connectivity index (χ1v) is 13.1. The molecular weight excluding hydrogens is 483 g/mol. The largest absolute Gasteiger partial charge is 0.490 e. The van der Waals surface area contributed by atoms with Crippen LogP contribution in [0.1, 0.15) is 74.5 Å². The highest BCUT2D eigenvalue weighted by atomic mass is 19.2. The molecule has 6 heteroatoms. The maximum absolute atomic E-state index is 14.9. The van der Waals surface area contributed by atoms with Gasteiger partial charge in [0.1, 0.15) is 5.82 Å². The summed E-state index contributed by atoms with van der Waals surface area (Å²) in [6.45, 7) is 3.84. The Balaban J connectivity index is 1.35. The molecule has 1 fully saturated rings. The normalized spacial score (nSPS) is 17.7. The molecule has 0 spiro atoms. The molecule has 1 saturated carbocycles. The summed E-state index contributed by atoms with van der Waals surface area (Å²) in [5, 5.41) is 0. The summed E-state index contributed by atoms with van der Waals surface area (Å²) in [7, 11) is 0. The first-order valence-electron chi connectivity index (χ1n) is 13.1. The number of aryl methyl sites for hydroxylation is 2. The van der Waals surface area contributed by atoms with E-state index in [1.807, 2.05) is 6.92 Å². The van der Waals surface area contributed by atoms with Crippen molar-refractivity contribution in [3.63, 3.8) is 0 Å². The van der Waals surface area contributed by atoms with Gasteiger partial charge >= 0.3 is 0 Å². The van der Waals surface area contributed by atoms with Gasteiger partial charge in [0.25, 0.3) is 0 Å². The molecule has 0 unspecified atom stereocenters. The Hall–Kier alpha value is -2.89. The molecule has 0 atom stereocenters. The van der Waals surface area contributed by atoms with Crippen molar-refractivity contribution in [2.24, 2.45) is 5.92 Å². The third-order valence-electron chi connectivity index (χ3n) is 7.58. The number of benzene rings is 3. The standard InChI is InChI=1S/C31H33F5O/c1-3-4-17-37-27-16-15-25(30(35)31(27)36)23-13-12-22(26(32)18-23)11-8-20-6-9-21(10-7-20)24-14-5-19(2)28(33)29(24)34/h5,12-16,18,20-21H,3-4,6-11,17H2,1-2H3. The lowest BCUT2D eigenvalue weighted by molar-refractivity contribution is 0.289. The van der Waals surface area contributed by atoms with Crippen LogP contribution in [0.2, 0.25) is 0 Å². The third-order valence-corrected chi connectivity index (χ3v) is 7.58. The van der Waals surface area contributed by atoms with Crippen LogP contribution < -0.4 is 4.74 Å². The van der Waals surface area contributed by atoms with E-state index in [1.165, 1.54) is 18.2 Å². The summed E-state index contributed by atoms with van der Waals surface area (Å²) in [5.41, 5.74) is 1.55. The van der Waals surface area contributed by atoms with Gasteiger partial charge in [-0.3, -0.25) is 0 Å². The number of halogens is 5. The fraction of sp³-hybridized carbons (Fsp3) is 0.419. The summed E-state index contributed by atoms with van der Waals surface area (Å²) < 4.78 is 77.7. The number of hydrogen-bond acceptors (Lipinski definition) is 1. The Morgan fingerprint density at radius 3 is 2.27 bits per heavy atom. The predicted octanol–water partition coefficient (Wildman–Crippen LogP) is 9.44. The topological polar surface area (TPSA) is 9.23 Å². The van der Waals surface area contributed by atoms with Gasteiger partial charge in [0.05, 0.1) is 6.61 Å². The van der Waals surface area contributed by atoms with Gasteiger partial charge in [-0.1, -0.05) is 37.6 Å². The maximum Gasteiger partial charge on any atom is 0.201 e. The van der Waals surface area contributed by atoms with Crippen molar-refractivity contribution in [1.82, 2.24) is 0 Å². The van der Waals surface area contributed by atoms with Crippen LogP contribution in [-0.4, -0.2) is 6.61 Å². The molecule has 0 amide bonds. The number of hydrogen-bond donors (Lipinski definition) is 0. The van der Waals surface area contributed by atoms with Crippen molar-refractivity contribution in [2.45, 2.75) is 71.1 Å². The van der Waals surface area contributed by atoms with Crippen molar-refractivity contribution in [3.8, 4) is 16.9 Å². The SMILES string of the molecule is CCCCOc1ccc(-c2ccc(CCC3CCC(c4ccc(C)c(F)c4F)CC3)c(F)c2)c(F)c1F. The minimum atomic E-state index is -1.07. The van der Waals surface area contributed by atoms with Gasteiger partial charge in [-0.15, -0.1) is 0 Å². The lowest BCUT2D eigenvalue weighted by Crippen LogP contribution is -2.15. The van der Waals surface area contributed by atoms with Crippen molar-refractivity contribution < 1.29 is 26.7 Å². The molecule has 0 aromatic heterocycles. The van der Waals surface area contributed by atoms with E-state index in [1.54, 1.807) is 31.2 Å². The van der Waals surface area contributed by atoms with Crippen LogP contribution in [0.5, 0.6) is 5.75 Å². The van der Waals surface area contributed by atoms with Gasteiger partial charge in [-0.25, -0.2) is 17.6 Å². The third kappa shape index (κ3) is 6.16. The molecule has 0 N–H and O–H groups in total. The zero-order valence-corrected chi connectivity index (χ0v) is 21.4.